The number of piperidine rings is 1. The second-order valence-corrected chi connectivity index (χ2v) is 10.7. The molecule has 4 rings (SSSR count). The minimum atomic E-state index is -1.16. The number of ether oxygens (including phenoxy) is 1. The van der Waals surface area contributed by atoms with Crippen LogP contribution in [0.4, 0.5) is 10.6 Å². The number of aromatic amines is 1. The lowest BCUT2D eigenvalue weighted by atomic mass is 9.85. The van der Waals surface area contributed by atoms with Crippen LogP contribution in [0.15, 0.2) is 42.9 Å². The van der Waals surface area contributed by atoms with Crippen molar-refractivity contribution in [3.05, 3.63) is 53.4 Å². The Morgan fingerprint density at radius 3 is 2.54 bits per heavy atom. The van der Waals surface area contributed by atoms with Gasteiger partial charge in [0, 0.05) is 24.3 Å². The Bertz CT molecular complexity index is 1230. The second kappa shape index (κ2) is 10.9. The van der Waals surface area contributed by atoms with E-state index in [0.29, 0.717) is 43.9 Å². The van der Waals surface area contributed by atoms with Crippen LogP contribution in [-0.4, -0.2) is 57.7 Å². The molecule has 37 heavy (non-hydrogen) atoms. The number of anilines is 1. The Morgan fingerprint density at radius 2 is 1.89 bits per heavy atom. The molecule has 0 aliphatic carbocycles. The summed E-state index contributed by atoms with van der Waals surface area (Å²) < 4.78 is 5.52. The lowest BCUT2D eigenvalue weighted by Crippen LogP contribution is -2.64. The number of nitrogens with zero attached hydrogens (tertiary/aromatic N) is 3. The molecule has 2 aromatic heterocycles. The maximum absolute atomic E-state index is 13.9. The van der Waals surface area contributed by atoms with E-state index in [2.05, 4.69) is 30.5 Å². The minimum Gasteiger partial charge on any atom is -0.444 e. The number of hydrogen-bond acceptors (Lipinski definition) is 7. The second-order valence-electron chi connectivity index (χ2n) is 10.3. The number of nitrogens with one attached hydrogen (secondary N) is 3. The standard InChI is InChI=1S/C26H34ClN7O3/c1-25(2,3)37-24(36)33-26(23(35)32-20(8-12-28)17-4-6-18(27)7-5-17)10-14-34(15-11-26)22-19-9-13-29-21(19)30-16-31-22/h4-7,9,13,16,20H,8,10-12,14-15,28H2,1-3H3,(H,32,35)(H,33,36)(H,29,30,31)/t20-/m0/s1. The Morgan fingerprint density at radius 1 is 1.19 bits per heavy atom. The van der Waals surface area contributed by atoms with Gasteiger partial charge in [-0.15, -0.1) is 0 Å². The van der Waals surface area contributed by atoms with Gasteiger partial charge < -0.3 is 31.0 Å². The van der Waals surface area contributed by atoms with Crippen molar-refractivity contribution in [3.63, 3.8) is 0 Å². The molecule has 10 nitrogen and oxygen atoms in total. The van der Waals surface area contributed by atoms with Crippen molar-refractivity contribution < 1.29 is 14.3 Å². The summed E-state index contributed by atoms with van der Waals surface area (Å²) in [6, 6.07) is 8.91. The fraction of sp³-hybridized carbons (Fsp3) is 0.462. The van der Waals surface area contributed by atoms with E-state index in [1.807, 2.05) is 24.4 Å². The smallest absolute Gasteiger partial charge is 0.408 e. The normalized spacial score (nSPS) is 16.3. The molecule has 1 fully saturated rings. The van der Waals surface area contributed by atoms with Crippen molar-refractivity contribution in [2.45, 2.75) is 57.2 Å². The van der Waals surface area contributed by atoms with Crippen molar-refractivity contribution in [2.75, 3.05) is 24.5 Å². The maximum Gasteiger partial charge on any atom is 0.408 e. The molecular formula is C26H34ClN7O3. The summed E-state index contributed by atoms with van der Waals surface area (Å²) in [4.78, 5) is 40.7. The summed E-state index contributed by atoms with van der Waals surface area (Å²) in [5, 5.41) is 7.56. The van der Waals surface area contributed by atoms with Gasteiger partial charge in [0.2, 0.25) is 5.91 Å². The van der Waals surface area contributed by atoms with Gasteiger partial charge in [0.1, 0.15) is 28.9 Å². The first-order valence-corrected chi connectivity index (χ1v) is 12.8. The summed E-state index contributed by atoms with van der Waals surface area (Å²) in [7, 11) is 0. The van der Waals surface area contributed by atoms with E-state index in [4.69, 9.17) is 22.1 Å². The molecule has 1 atom stereocenters. The number of carbonyl (C=O) groups is 2. The monoisotopic (exact) mass is 527 g/mol. The van der Waals surface area contributed by atoms with Crippen LogP contribution in [-0.2, 0) is 9.53 Å². The molecule has 3 heterocycles. The number of aromatic nitrogens is 3. The minimum absolute atomic E-state index is 0.277. The number of halogens is 1. The van der Waals surface area contributed by atoms with Crippen molar-refractivity contribution in [1.29, 1.82) is 0 Å². The first-order chi connectivity index (χ1) is 17.6. The number of benzene rings is 1. The van der Waals surface area contributed by atoms with E-state index in [1.54, 1.807) is 32.9 Å². The number of hydrogen-bond donors (Lipinski definition) is 4. The summed E-state index contributed by atoms with van der Waals surface area (Å²) in [5.74, 6) is 0.514. The Labute approximate surface area is 221 Å². The van der Waals surface area contributed by atoms with Gasteiger partial charge in [0.15, 0.2) is 0 Å². The average Bonchev–Trinajstić information content (AvgIpc) is 3.33. The third-order valence-corrected chi connectivity index (χ3v) is 6.71. The van der Waals surface area contributed by atoms with Gasteiger partial charge >= 0.3 is 6.09 Å². The number of alkyl carbamates (subject to hydrolysis) is 1. The molecule has 3 aromatic rings. The van der Waals surface area contributed by atoms with Crippen molar-refractivity contribution in [3.8, 4) is 0 Å². The molecule has 0 radical (unpaired) electrons. The van der Waals surface area contributed by atoms with Gasteiger partial charge in [-0.2, -0.15) is 0 Å². The van der Waals surface area contributed by atoms with Crippen molar-refractivity contribution in [1.82, 2.24) is 25.6 Å². The van der Waals surface area contributed by atoms with Crippen LogP contribution in [0.2, 0.25) is 5.02 Å². The Balaban J connectivity index is 1.57. The third-order valence-electron chi connectivity index (χ3n) is 6.46. The molecule has 0 spiro atoms. The quantitative estimate of drug-likeness (QED) is 0.367. The highest BCUT2D eigenvalue weighted by Crippen LogP contribution is 2.31. The molecular weight excluding hydrogens is 494 g/mol. The molecule has 0 unspecified atom stereocenters. The van der Waals surface area contributed by atoms with Crippen molar-refractivity contribution in [2.24, 2.45) is 5.73 Å². The van der Waals surface area contributed by atoms with Crippen LogP contribution >= 0.6 is 11.6 Å². The van der Waals surface area contributed by atoms with Crippen LogP contribution in [0.25, 0.3) is 11.0 Å². The predicted octanol–water partition coefficient (Wildman–Crippen LogP) is 3.68. The Kier molecular flexibility index (Phi) is 7.89. The highest BCUT2D eigenvalue weighted by atomic mass is 35.5. The van der Waals surface area contributed by atoms with E-state index in [9.17, 15) is 9.59 Å². The lowest BCUT2D eigenvalue weighted by molar-refractivity contribution is -0.129. The molecule has 198 valence electrons. The zero-order valence-corrected chi connectivity index (χ0v) is 22.1. The zero-order chi connectivity index (χ0) is 26.6. The first kappa shape index (κ1) is 26.7. The molecule has 1 aliphatic heterocycles. The largest absolute Gasteiger partial charge is 0.444 e. The summed E-state index contributed by atoms with van der Waals surface area (Å²) in [6.45, 7) is 6.76. The highest BCUT2D eigenvalue weighted by molar-refractivity contribution is 6.30. The molecule has 1 saturated heterocycles. The van der Waals surface area contributed by atoms with E-state index in [1.165, 1.54) is 6.33 Å². The Hall–Kier alpha value is -3.37. The average molecular weight is 528 g/mol. The van der Waals surface area contributed by atoms with Crippen LogP contribution in [0, 0.1) is 0 Å². The molecule has 1 aliphatic rings. The number of H-pyrrole nitrogens is 1. The van der Waals surface area contributed by atoms with E-state index >= 15 is 0 Å². The fourth-order valence-electron chi connectivity index (χ4n) is 4.60. The fourth-order valence-corrected chi connectivity index (χ4v) is 4.73. The maximum atomic E-state index is 13.9. The van der Waals surface area contributed by atoms with Gasteiger partial charge in [-0.25, -0.2) is 14.8 Å². The van der Waals surface area contributed by atoms with Gasteiger partial charge in [-0.05, 0) is 70.3 Å². The number of rotatable bonds is 7. The summed E-state index contributed by atoms with van der Waals surface area (Å²) in [6.07, 6.45) is 3.98. The van der Waals surface area contributed by atoms with E-state index in [0.717, 1.165) is 22.4 Å². The molecule has 0 bridgehead atoms. The third kappa shape index (κ3) is 6.31. The highest BCUT2D eigenvalue weighted by Gasteiger charge is 2.44. The molecule has 5 N–H and O–H groups in total. The predicted molar refractivity (Wildman–Crippen MR) is 143 cm³/mol. The number of fused-ring (bicyclic) bond motifs is 1. The molecule has 2 amide bonds. The lowest BCUT2D eigenvalue weighted by Gasteiger charge is -2.42. The number of nitrogens with two attached hydrogens (primary N) is 1. The summed E-state index contributed by atoms with van der Waals surface area (Å²) in [5.41, 5.74) is 5.64. The molecule has 11 heteroatoms. The van der Waals surface area contributed by atoms with Crippen LogP contribution < -0.4 is 21.3 Å². The number of carbonyl (C=O) groups excluding carboxylic acids is 2. The van der Waals surface area contributed by atoms with Crippen LogP contribution in [0.3, 0.4) is 0 Å². The van der Waals surface area contributed by atoms with Gasteiger partial charge in [-0.3, -0.25) is 4.79 Å². The van der Waals surface area contributed by atoms with E-state index in [-0.39, 0.29) is 11.9 Å². The van der Waals surface area contributed by atoms with Gasteiger partial charge in [0.05, 0.1) is 11.4 Å². The van der Waals surface area contributed by atoms with Crippen molar-refractivity contribution >= 4 is 40.5 Å². The summed E-state index contributed by atoms with van der Waals surface area (Å²) >= 11 is 6.06. The first-order valence-electron chi connectivity index (χ1n) is 12.4. The molecule has 1 aromatic carbocycles. The van der Waals surface area contributed by atoms with Crippen LogP contribution in [0.5, 0.6) is 0 Å². The topological polar surface area (TPSA) is 138 Å². The zero-order valence-electron chi connectivity index (χ0n) is 21.4. The molecule has 0 saturated carbocycles. The number of amides is 2. The van der Waals surface area contributed by atoms with Gasteiger partial charge in [-0.1, -0.05) is 23.7 Å². The van der Waals surface area contributed by atoms with E-state index < -0.39 is 17.2 Å². The van der Waals surface area contributed by atoms with Crippen LogP contribution in [0.1, 0.15) is 51.6 Å². The SMILES string of the molecule is CC(C)(C)OC(=O)NC1(C(=O)N[C@@H](CCN)c2ccc(Cl)cc2)CCN(c2ncnc3[nH]ccc23)CC1. The van der Waals surface area contributed by atoms with Gasteiger partial charge in [0.25, 0.3) is 0 Å².